The van der Waals surface area contributed by atoms with Gasteiger partial charge in [0.15, 0.2) is 0 Å². The first-order valence-corrected chi connectivity index (χ1v) is 10.9. The number of hydrogen-bond acceptors (Lipinski definition) is 4. The molecule has 2 N–H and O–H groups in total. The second-order valence-electron chi connectivity index (χ2n) is 7.61. The fourth-order valence-corrected chi connectivity index (χ4v) is 4.27. The van der Waals surface area contributed by atoms with Crippen LogP contribution in [0, 0.1) is 0 Å². The van der Waals surface area contributed by atoms with Gasteiger partial charge in [-0.05, 0) is 71.9 Å². The number of nitrogens with zero attached hydrogens (tertiary/aromatic N) is 1. The molecule has 150 valence electrons. The highest BCUT2D eigenvalue weighted by molar-refractivity contribution is 7.08. The Bertz CT molecular complexity index is 766. The van der Waals surface area contributed by atoms with Gasteiger partial charge in [-0.15, -0.1) is 0 Å². The van der Waals surface area contributed by atoms with Crippen LogP contribution in [-0.2, 0) is 9.59 Å². The largest absolute Gasteiger partial charge is 0.346 e. The van der Waals surface area contributed by atoms with E-state index in [0.29, 0.717) is 18.2 Å². The van der Waals surface area contributed by atoms with E-state index >= 15 is 0 Å². The Morgan fingerprint density at radius 2 is 1.71 bits per heavy atom. The topological polar surface area (TPSA) is 61.4 Å². The van der Waals surface area contributed by atoms with E-state index in [1.807, 2.05) is 24.3 Å². The molecule has 1 aromatic carbocycles. The van der Waals surface area contributed by atoms with Gasteiger partial charge in [0.25, 0.3) is 0 Å². The van der Waals surface area contributed by atoms with Gasteiger partial charge < -0.3 is 10.6 Å². The highest BCUT2D eigenvalue weighted by atomic mass is 32.1. The molecule has 28 heavy (non-hydrogen) atoms. The molecule has 3 rings (SSSR count). The van der Waals surface area contributed by atoms with E-state index in [1.165, 1.54) is 30.4 Å². The normalized spacial score (nSPS) is 16.0. The predicted molar refractivity (Wildman–Crippen MR) is 115 cm³/mol. The van der Waals surface area contributed by atoms with Gasteiger partial charge in [0.05, 0.1) is 6.04 Å². The van der Waals surface area contributed by atoms with E-state index in [9.17, 15) is 9.59 Å². The smallest absolute Gasteiger partial charge is 0.313 e. The van der Waals surface area contributed by atoms with Crippen LogP contribution in [0.5, 0.6) is 0 Å². The summed E-state index contributed by atoms with van der Waals surface area (Å²) in [7, 11) is 0. The van der Waals surface area contributed by atoms with Crippen molar-refractivity contribution in [3.05, 3.63) is 52.2 Å². The molecule has 2 heterocycles. The van der Waals surface area contributed by atoms with Crippen LogP contribution in [0.4, 0.5) is 5.69 Å². The summed E-state index contributed by atoms with van der Waals surface area (Å²) in [4.78, 5) is 27.0. The average Bonchev–Trinajstić information content (AvgIpc) is 3.23. The van der Waals surface area contributed by atoms with Crippen molar-refractivity contribution >= 4 is 28.8 Å². The van der Waals surface area contributed by atoms with Gasteiger partial charge >= 0.3 is 11.8 Å². The van der Waals surface area contributed by atoms with Crippen molar-refractivity contribution in [2.45, 2.75) is 45.1 Å². The number of benzene rings is 1. The van der Waals surface area contributed by atoms with Gasteiger partial charge in [-0.3, -0.25) is 14.5 Å². The number of nitrogens with one attached hydrogen (secondary N) is 2. The van der Waals surface area contributed by atoms with Gasteiger partial charge in [0, 0.05) is 12.2 Å². The van der Waals surface area contributed by atoms with Gasteiger partial charge in [0.1, 0.15) is 0 Å². The molecule has 1 unspecified atom stereocenters. The summed E-state index contributed by atoms with van der Waals surface area (Å²) in [6, 6.07) is 9.84. The van der Waals surface area contributed by atoms with Crippen LogP contribution >= 0.6 is 11.3 Å². The Labute approximate surface area is 171 Å². The first-order valence-electron chi connectivity index (χ1n) is 10.00. The second kappa shape index (κ2) is 9.85. The molecular formula is C22H29N3O2S. The zero-order valence-corrected chi connectivity index (χ0v) is 17.4. The molecule has 0 saturated carbocycles. The van der Waals surface area contributed by atoms with Crippen LogP contribution in [0.25, 0.3) is 0 Å². The van der Waals surface area contributed by atoms with Gasteiger partial charge in [-0.25, -0.2) is 0 Å². The van der Waals surface area contributed by atoms with Crippen LogP contribution in [0.3, 0.4) is 0 Å². The number of carbonyl (C=O) groups excluding carboxylic acids is 2. The number of likely N-dealkylation sites (tertiary alicyclic amines) is 1. The zero-order valence-electron chi connectivity index (χ0n) is 16.6. The first-order chi connectivity index (χ1) is 13.5. The van der Waals surface area contributed by atoms with Crippen molar-refractivity contribution < 1.29 is 9.59 Å². The van der Waals surface area contributed by atoms with Crippen molar-refractivity contribution in [3.8, 4) is 0 Å². The number of piperidine rings is 1. The molecule has 2 amide bonds. The van der Waals surface area contributed by atoms with Crippen LogP contribution in [-0.4, -0.2) is 36.3 Å². The molecule has 1 aliphatic heterocycles. The van der Waals surface area contributed by atoms with Crippen molar-refractivity contribution in [2.75, 3.05) is 25.0 Å². The lowest BCUT2D eigenvalue weighted by molar-refractivity contribution is -0.136. The Morgan fingerprint density at radius 3 is 2.32 bits per heavy atom. The van der Waals surface area contributed by atoms with E-state index in [-0.39, 0.29) is 6.04 Å². The first kappa shape index (κ1) is 20.6. The van der Waals surface area contributed by atoms with Crippen LogP contribution in [0.2, 0.25) is 0 Å². The lowest BCUT2D eigenvalue weighted by Crippen LogP contribution is -2.43. The SMILES string of the molecule is CC(C)c1ccc(NC(=O)C(=O)NCC(c2ccsc2)N2CCCCC2)cc1. The van der Waals surface area contributed by atoms with Crippen molar-refractivity contribution in [1.82, 2.24) is 10.2 Å². The summed E-state index contributed by atoms with van der Waals surface area (Å²) in [5, 5.41) is 9.70. The third-order valence-corrected chi connectivity index (χ3v) is 5.96. The number of rotatable bonds is 6. The number of thiophene rings is 1. The van der Waals surface area contributed by atoms with Crippen LogP contribution in [0.15, 0.2) is 41.1 Å². The van der Waals surface area contributed by atoms with E-state index < -0.39 is 11.8 Å². The maximum atomic E-state index is 12.3. The van der Waals surface area contributed by atoms with Gasteiger partial charge in [0.2, 0.25) is 0 Å². The average molecular weight is 400 g/mol. The molecule has 0 bridgehead atoms. The van der Waals surface area contributed by atoms with Crippen molar-refractivity contribution in [1.29, 1.82) is 0 Å². The molecule has 2 aromatic rings. The van der Waals surface area contributed by atoms with Crippen LogP contribution in [0.1, 0.15) is 56.2 Å². The Balaban J connectivity index is 1.56. The van der Waals surface area contributed by atoms with Crippen molar-refractivity contribution in [3.63, 3.8) is 0 Å². The summed E-state index contributed by atoms with van der Waals surface area (Å²) in [5.41, 5.74) is 3.04. The maximum Gasteiger partial charge on any atom is 0.313 e. The summed E-state index contributed by atoms with van der Waals surface area (Å²) in [5.74, 6) is -0.790. The molecule has 5 nitrogen and oxygen atoms in total. The Hall–Kier alpha value is -2.18. The van der Waals surface area contributed by atoms with E-state index in [2.05, 4.69) is 46.2 Å². The summed E-state index contributed by atoms with van der Waals surface area (Å²) < 4.78 is 0. The zero-order chi connectivity index (χ0) is 19.9. The minimum atomic E-state index is -0.625. The minimum Gasteiger partial charge on any atom is -0.346 e. The molecule has 6 heteroatoms. The van der Waals surface area contributed by atoms with E-state index in [0.717, 1.165) is 13.1 Å². The van der Waals surface area contributed by atoms with Crippen molar-refractivity contribution in [2.24, 2.45) is 0 Å². The lowest BCUT2D eigenvalue weighted by Gasteiger charge is -2.34. The van der Waals surface area contributed by atoms with E-state index in [1.54, 1.807) is 11.3 Å². The summed E-state index contributed by atoms with van der Waals surface area (Å²) >= 11 is 1.66. The predicted octanol–water partition coefficient (Wildman–Crippen LogP) is 4.15. The number of hydrogen-bond donors (Lipinski definition) is 2. The highest BCUT2D eigenvalue weighted by Gasteiger charge is 2.24. The molecular weight excluding hydrogens is 370 g/mol. The number of amides is 2. The van der Waals surface area contributed by atoms with Gasteiger partial charge in [-0.1, -0.05) is 32.4 Å². The molecule has 1 aliphatic rings. The summed E-state index contributed by atoms with van der Waals surface area (Å²) in [6.07, 6.45) is 3.63. The standard InChI is InChI=1S/C22H29N3O2S/c1-16(2)17-6-8-19(9-7-17)24-22(27)21(26)23-14-20(18-10-13-28-15-18)25-11-4-3-5-12-25/h6-10,13,15-16,20H,3-5,11-12,14H2,1-2H3,(H,23,26)(H,24,27). The Kier molecular flexibility index (Phi) is 7.23. The fourth-order valence-electron chi connectivity index (χ4n) is 3.56. The minimum absolute atomic E-state index is 0.119. The summed E-state index contributed by atoms with van der Waals surface area (Å²) in [6.45, 7) is 6.74. The molecule has 1 fully saturated rings. The number of carbonyl (C=O) groups is 2. The number of anilines is 1. The fraction of sp³-hybridized carbons (Fsp3) is 0.455. The molecule has 1 aromatic heterocycles. The lowest BCUT2D eigenvalue weighted by atomic mass is 10.0. The third kappa shape index (κ3) is 5.42. The molecule has 0 radical (unpaired) electrons. The Morgan fingerprint density at radius 1 is 1.00 bits per heavy atom. The van der Waals surface area contributed by atoms with Crippen LogP contribution < -0.4 is 10.6 Å². The molecule has 0 spiro atoms. The van der Waals surface area contributed by atoms with E-state index in [4.69, 9.17) is 0 Å². The molecule has 1 atom stereocenters. The van der Waals surface area contributed by atoms with Gasteiger partial charge in [-0.2, -0.15) is 11.3 Å². The second-order valence-corrected chi connectivity index (χ2v) is 8.39. The maximum absolute atomic E-state index is 12.3. The quantitative estimate of drug-likeness (QED) is 0.717. The highest BCUT2D eigenvalue weighted by Crippen LogP contribution is 2.25. The third-order valence-electron chi connectivity index (χ3n) is 5.26. The molecule has 1 saturated heterocycles. The monoisotopic (exact) mass is 399 g/mol. The molecule has 0 aliphatic carbocycles.